The van der Waals surface area contributed by atoms with Crippen molar-refractivity contribution in [3.8, 4) is 5.88 Å². The molecular formula is C12H17N3O2. The van der Waals surface area contributed by atoms with E-state index < -0.39 is 0 Å². The number of hydrogen-bond donors (Lipinski definition) is 1. The topological polar surface area (TPSA) is 54.5 Å². The Morgan fingerprint density at radius 3 is 3.00 bits per heavy atom. The minimum absolute atomic E-state index is 0.00611. The number of amides is 2. The van der Waals surface area contributed by atoms with Gasteiger partial charge in [0.05, 0.1) is 7.11 Å². The van der Waals surface area contributed by atoms with E-state index in [4.69, 9.17) is 4.74 Å². The van der Waals surface area contributed by atoms with Gasteiger partial charge in [-0.15, -0.1) is 0 Å². The van der Waals surface area contributed by atoms with Gasteiger partial charge in [-0.1, -0.05) is 6.07 Å². The summed E-state index contributed by atoms with van der Waals surface area (Å²) in [6.45, 7) is 2.17. The molecule has 5 heteroatoms. The normalized spacial score (nSPS) is 14.8. The van der Waals surface area contributed by atoms with Crippen LogP contribution in [0.25, 0.3) is 0 Å². The largest absolute Gasteiger partial charge is 0.481 e. The number of nitrogens with one attached hydrogen (secondary N) is 1. The molecule has 1 aliphatic rings. The molecule has 1 aromatic rings. The average Bonchev–Trinajstić information content (AvgIpc) is 2.90. The van der Waals surface area contributed by atoms with E-state index >= 15 is 0 Å². The molecule has 17 heavy (non-hydrogen) atoms. The maximum Gasteiger partial charge on any atom is 0.317 e. The lowest BCUT2D eigenvalue weighted by atomic mass is 10.3. The molecule has 1 aliphatic heterocycles. The van der Waals surface area contributed by atoms with Crippen molar-refractivity contribution in [1.29, 1.82) is 0 Å². The molecule has 0 saturated carbocycles. The van der Waals surface area contributed by atoms with E-state index in [1.807, 2.05) is 17.0 Å². The highest BCUT2D eigenvalue weighted by Crippen LogP contribution is 2.13. The molecule has 0 bridgehead atoms. The number of carbonyl (C=O) groups excluding carboxylic acids is 1. The molecule has 0 spiro atoms. The predicted octanol–water partition coefficient (Wildman–Crippen LogP) is 1.40. The summed E-state index contributed by atoms with van der Waals surface area (Å²) in [5.41, 5.74) is 0.891. The zero-order valence-corrected chi connectivity index (χ0v) is 9.98. The Kier molecular flexibility index (Phi) is 3.80. The van der Waals surface area contributed by atoms with E-state index in [2.05, 4.69) is 10.3 Å². The van der Waals surface area contributed by atoms with Gasteiger partial charge in [-0.05, 0) is 18.9 Å². The second-order valence-electron chi connectivity index (χ2n) is 4.02. The first-order valence-corrected chi connectivity index (χ1v) is 5.82. The van der Waals surface area contributed by atoms with Crippen LogP contribution in [0.5, 0.6) is 5.88 Å². The average molecular weight is 235 g/mol. The number of likely N-dealkylation sites (tertiary alicyclic amines) is 1. The molecule has 0 atom stereocenters. The summed E-state index contributed by atoms with van der Waals surface area (Å²) < 4.78 is 5.13. The van der Waals surface area contributed by atoms with Crippen molar-refractivity contribution in [2.45, 2.75) is 19.4 Å². The molecule has 1 N–H and O–H groups in total. The van der Waals surface area contributed by atoms with Gasteiger partial charge in [-0.3, -0.25) is 0 Å². The van der Waals surface area contributed by atoms with Crippen LogP contribution in [0.3, 0.4) is 0 Å². The molecule has 2 amide bonds. The fraction of sp³-hybridized carbons (Fsp3) is 0.500. The third kappa shape index (κ3) is 2.87. The number of rotatable bonds is 3. The van der Waals surface area contributed by atoms with Crippen molar-refractivity contribution >= 4 is 6.03 Å². The Balaban J connectivity index is 1.90. The maximum atomic E-state index is 11.8. The molecule has 92 valence electrons. The molecule has 0 aromatic carbocycles. The van der Waals surface area contributed by atoms with Crippen molar-refractivity contribution in [2.24, 2.45) is 0 Å². The van der Waals surface area contributed by atoms with Crippen LogP contribution in [0.15, 0.2) is 18.3 Å². The Morgan fingerprint density at radius 2 is 2.29 bits per heavy atom. The van der Waals surface area contributed by atoms with Gasteiger partial charge in [0, 0.05) is 31.4 Å². The Morgan fingerprint density at radius 1 is 1.53 bits per heavy atom. The first-order chi connectivity index (χ1) is 8.31. The number of carbonyl (C=O) groups is 1. The van der Waals surface area contributed by atoms with Crippen molar-refractivity contribution in [2.75, 3.05) is 20.2 Å². The number of hydrogen-bond acceptors (Lipinski definition) is 3. The molecule has 5 nitrogen and oxygen atoms in total. The summed E-state index contributed by atoms with van der Waals surface area (Å²) in [4.78, 5) is 17.7. The number of pyridine rings is 1. The smallest absolute Gasteiger partial charge is 0.317 e. The highest BCUT2D eigenvalue weighted by atomic mass is 16.5. The van der Waals surface area contributed by atoms with Gasteiger partial charge in [-0.2, -0.15) is 0 Å². The highest BCUT2D eigenvalue weighted by molar-refractivity contribution is 5.74. The van der Waals surface area contributed by atoms with E-state index in [9.17, 15) is 4.79 Å². The molecule has 1 aromatic heterocycles. The Bertz CT molecular complexity index is 389. The molecule has 0 aliphatic carbocycles. The quantitative estimate of drug-likeness (QED) is 0.861. The van der Waals surface area contributed by atoms with Crippen LogP contribution in [0, 0.1) is 0 Å². The van der Waals surface area contributed by atoms with Gasteiger partial charge in [0.15, 0.2) is 0 Å². The van der Waals surface area contributed by atoms with E-state index in [0.717, 1.165) is 31.5 Å². The second kappa shape index (κ2) is 5.52. The lowest BCUT2D eigenvalue weighted by Gasteiger charge is -2.16. The van der Waals surface area contributed by atoms with Crippen LogP contribution in [0.2, 0.25) is 0 Å². The highest BCUT2D eigenvalue weighted by Gasteiger charge is 2.17. The number of ether oxygens (including phenoxy) is 1. The SMILES string of the molecule is COc1ncccc1CNC(=O)N1CCCC1. The first-order valence-electron chi connectivity index (χ1n) is 5.82. The lowest BCUT2D eigenvalue weighted by molar-refractivity contribution is 0.208. The number of methoxy groups -OCH3 is 1. The van der Waals surface area contributed by atoms with Gasteiger partial charge in [0.2, 0.25) is 5.88 Å². The molecule has 0 radical (unpaired) electrons. The van der Waals surface area contributed by atoms with Crippen LogP contribution >= 0.6 is 0 Å². The molecular weight excluding hydrogens is 218 g/mol. The van der Waals surface area contributed by atoms with Crippen molar-refractivity contribution in [3.63, 3.8) is 0 Å². The molecule has 0 unspecified atom stereocenters. The van der Waals surface area contributed by atoms with Crippen molar-refractivity contribution < 1.29 is 9.53 Å². The van der Waals surface area contributed by atoms with E-state index in [-0.39, 0.29) is 6.03 Å². The van der Waals surface area contributed by atoms with Crippen LogP contribution in [-0.2, 0) is 6.54 Å². The van der Waals surface area contributed by atoms with Gasteiger partial charge in [-0.25, -0.2) is 9.78 Å². The summed E-state index contributed by atoms with van der Waals surface area (Å²) in [5.74, 6) is 0.564. The van der Waals surface area contributed by atoms with Gasteiger partial charge in [0.1, 0.15) is 0 Å². The number of urea groups is 1. The maximum absolute atomic E-state index is 11.8. The predicted molar refractivity (Wildman–Crippen MR) is 63.8 cm³/mol. The summed E-state index contributed by atoms with van der Waals surface area (Å²) in [6.07, 6.45) is 3.87. The second-order valence-corrected chi connectivity index (χ2v) is 4.02. The molecule has 2 rings (SSSR count). The van der Waals surface area contributed by atoms with Gasteiger partial charge in [0.25, 0.3) is 0 Å². The third-order valence-electron chi connectivity index (χ3n) is 2.87. The van der Waals surface area contributed by atoms with E-state index in [0.29, 0.717) is 12.4 Å². The summed E-state index contributed by atoms with van der Waals surface area (Å²) >= 11 is 0. The molecule has 1 fully saturated rings. The fourth-order valence-electron chi connectivity index (χ4n) is 1.95. The Hall–Kier alpha value is -1.78. The van der Waals surface area contributed by atoms with Gasteiger partial charge < -0.3 is 15.0 Å². The van der Waals surface area contributed by atoms with Crippen LogP contribution in [-0.4, -0.2) is 36.1 Å². The summed E-state index contributed by atoms with van der Waals surface area (Å²) in [5, 5.41) is 2.88. The summed E-state index contributed by atoms with van der Waals surface area (Å²) in [6, 6.07) is 3.73. The van der Waals surface area contributed by atoms with Crippen molar-refractivity contribution in [3.05, 3.63) is 23.9 Å². The minimum Gasteiger partial charge on any atom is -0.481 e. The first kappa shape index (κ1) is 11.7. The van der Waals surface area contributed by atoms with Crippen molar-refractivity contribution in [1.82, 2.24) is 15.2 Å². The van der Waals surface area contributed by atoms with Gasteiger partial charge >= 0.3 is 6.03 Å². The minimum atomic E-state index is -0.00611. The lowest BCUT2D eigenvalue weighted by Crippen LogP contribution is -2.37. The van der Waals surface area contributed by atoms with Crippen LogP contribution in [0.4, 0.5) is 4.79 Å². The fourth-order valence-corrected chi connectivity index (χ4v) is 1.95. The molecule has 2 heterocycles. The third-order valence-corrected chi connectivity index (χ3v) is 2.87. The van der Waals surface area contributed by atoms with E-state index in [1.165, 1.54) is 0 Å². The van der Waals surface area contributed by atoms with Crippen LogP contribution < -0.4 is 10.1 Å². The zero-order chi connectivity index (χ0) is 12.1. The molecule has 1 saturated heterocycles. The van der Waals surface area contributed by atoms with Crippen LogP contribution in [0.1, 0.15) is 18.4 Å². The zero-order valence-electron chi connectivity index (χ0n) is 9.98. The monoisotopic (exact) mass is 235 g/mol. The van der Waals surface area contributed by atoms with E-state index in [1.54, 1.807) is 13.3 Å². The summed E-state index contributed by atoms with van der Waals surface area (Å²) in [7, 11) is 1.58. The Labute approximate surface area is 101 Å². The number of nitrogens with zero attached hydrogens (tertiary/aromatic N) is 2. The number of aromatic nitrogens is 1. The standard InChI is InChI=1S/C12H17N3O2/c1-17-11-10(5-4-6-13-11)9-14-12(16)15-7-2-3-8-15/h4-6H,2-3,7-9H2,1H3,(H,14,16).